The molecule has 4 aromatic rings. The van der Waals surface area contributed by atoms with Gasteiger partial charge in [-0.15, -0.1) is 0 Å². The number of amides is 2. The highest BCUT2D eigenvalue weighted by Gasteiger charge is 2.34. The molecule has 1 saturated heterocycles. The van der Waals surface area contributed by atoms with Crippen LogP contribution in [0.1, 0.15) is 65.6 Å². The van der Waals surface area contributed by atoms with Crippen molar-refractivity contribution in [1.82, 2.24) is 4.90 Å². The van der Waals surface area contributed by atoms with Gasteiger partial charge in [0, 0.05) is 42.7 Å². The largest absolute Gasteiger partial charge is 0.507 e. The lowest BCUT2D eigenvalue weighted by Crippen LogP contribution is -2.43. The first-order valence-corrected chi connectivity index (χ1v) is 15.8. The maximum atomic E-state index is 13.7. The highest BCUT2D eigenvalue weighted by atomic mass is 16.5. The summed E-state index contributed by atoms with van der Waals surface area (Å²) < 4.78 is 11.8. The second-order valence-corrected chi connectivity index (χ2v) is 12.1. The van der Waals surface area contributed by atoms with E-state index in [1.807, 2.05) is 64.5 Å². The van der Waals surface area contributed by atoms with Gasteiger partial charge in [0.05, 0.1) is 36.5 Å². The highest BCUT2D eigenvalue weighted by Crippen LogP contribution is 2.46. The number of hydrogen-bond donors (Lipinski definition) is 1. The molecule has 3 aliphatic rings. The lowest BCUT2D eigenvalue weighted by Gasteiger charge is -2.32. The molecule has 8 nitrogen and oxygen atoms in total. The minimum absolute atomic E-state index is 0.00814. The number of nitrogens with zero attached hydrogens (tertiary/aromatic N) is 3. The Morgan fingerprint density at radius 1 is 1.00 bits per heavy atom. The molecule has 3 heterocycles. The van der Waals surface area contributed by atoms with Gasteiger partial charge in [0.2, 0.25) is 5.91 Å². The van der Waals surface area contributed by atoms with Crippen LogP contribution in [0.15, 0.2) is 71.7 Å². The van der Waals surface area contributed by atoms with Crippen molar-refractivity contribution in [2.75, 3.05) is 25.1 Å². The summed E-state index contributed by atoms with van der Waals surface area (Å²) in [6, 6.07) is 21.0. The second kappa shape index (κ2) is 11.9. The van der Waals surface area contributed by atoms with Crippen molar-refractivity contribution in [3.05, 3.63) is 89.0 Å². The molecule has 0 spiro atoms. The van der Waals surface area contributed by atoms with E-state index in [2.05, 4.69) is 11.9 Å². The highest BCUT2D eigenvalue weighted by molar-refractivity contribution is 6.04. The maximum Gasteiger partial charge on any atom is 0.256 e. The third kappa shape index (κ3) is 5.28. The summed E-state index contributed by atoms with van der Waals surface area (Å²) in [6.07, 6.45) is 6.03. The lowest BCUT2D eigenvalue weighted by molar-refractivity contribution is -0.117. The predicted molar refractivity (Wildman–Crippen MR) is 175 cm³/mol. The normalized spacial score (nSPS) is 18.8. The zero-order valence-electron chi connectivity index (χ0n) is 25.7. The van der Waals surface area contributed by atoms with E-state index in [0.717, 1.165) is 65.4 Å². The van der Waals surface area contributed by atoms with Crippen molar-refractivity contribution in [1.29, 1.82) is 0 Å². The van der Waals surface area contributed by atoms with Gasteiger partial charge in [-0.2, -0.15) is 0 Å². The Morgan fingerprint density at radius 3 is 2.64 bits per heavy atom. The number of aliphatic imine (C=N–C) groups is 1. The average Bonchev–Trinajstić information content (AvgIpc) is 3.38. The smallest absolute Gasteiger partial charge is 0.256 e. The van der Waals surface area contributed by atoms with E-state index in [0.29, 0.717) is 29.3 Å². The van der Waals surface area contributed by atoms with Crippen molar-refractivity contribution < 1.29 is 24.2 Å². The Labute approximate surface area is 262 Å². The fourth-order valence-electron chi connectivity index (χ4n) is 7.04. The van der Waals surface area contributed by atoms with E-state index < -0.39 is 0 Å². The molecular formula is C37H37N3O5. The van der Waals surface area contributed by atoms with Crippen LogP contribution < -0.4 is 14.4 Å². The van der Waals surface area contributed by atoms with Gasteiger partial charge in [-0.05, 0) is 53.8 Å². The minimum atomic E-state index is -0.0244. The van der Waals surface area contributed by atoms with Gasteiger partial charge in [0.1, 0.15) is 12.4 Å². The van der Waals surface area contributed by atoms with Crippen LogP contribution in [0.25, 0.3) is 10.8 Å². The molecule has 3 aliphatic heterocycles. The van der Waals surface area contributed by atoms with E-state index >= 15 is 0 Å². The van der Waals surface area contributed by atoms with Crippen molar-refractivity contribution in [3.8, 4) is 17.2 Å². The van der Waals surface area contributed by atoms with Gasteiger partial charge in [0.15, 0.2) is 11.5 Å². The summed E-state index contributed by atoms with van der Waals surface area (Å²) in [5.74, 6) is 1.36. The Kier molecular flexibility index (Phi) is 7.65. The molecule has 0 aromatic heterocycles. The summed E-state index contributed by atoms with van der Waals surface area (Å²) in [7, 11) is 1.57. The summed E-state index contributed by atoms with van der Waals surface area (Å²) >= 11 is 0. The number of ether oxygens (including phenoxy) is 2. The molecule has 4 aromatic carbocycles. The van der Waals surface area contributed by atoms with Gasteiger partial charge in [0.25, 0.3) is 5.91 Å². The zero-order chi connectivity index (χ0) is 31.1. The maximum absolute atomic E-state index is 13.7. The molecule has 0 bridgehead atoms. The molecule has 0 aliphatic carbocycles. The van der Waals surface area contributed by atoms with Crippen LogP contribution in [0, 0.1) is 0 Å². The lowest BCUT2D eigenvalue weighted by atomic mass is 9.93. The number of phenolic OH excluding ortho intramolecular Hbond substituents is 1. The zero-order valence-corrected chi connectivity index (χ0v) is 25.7. The first-order valence-electron chi connectivity index (χ1n) is 15.8. The van der Waals surface area contributed by atoms with Crippen LogP contribution in [0.2, 0.25) is 0 Å². The molecule has 7 rings (SSSR count). The molecule has 0 saturated carbocycles. The van der Waals surface area contributed by atoms with Crippen molar-refractivity contribution in [3.63, 3.8) is 0 Å². The fraction of sp³-hybridized carbons (Fsp3) is 0.324. The molecule has 45 heavy (non-hydrogen) atoms. The van der Waals surface area contributed by atoms with Crippen molar-refractivity contribution >= 4 is 40.2 Å². The van der Waals surface area contributed by atoms with Crippen LogP contribution in [-0.2, 0) is 17.8 Å². The van der Waals surface area contributed by atoms with Crippen LogP contribution in [0.3, 0.4) is 0 Å². The first-order chi connectivity index (χ1) is 21.9. The fourth-order valence-corrected chi connectivity index (χ4v) is 7.04. The quantitative estimate of drug-likeness (QED) is 0.248. The Hall–Kier alpha value is -4.85. The molecule has 1 N–H and O–H groups in total. The third-order valence-corrected chi connectivity index (χ3v) is 9.39. The first kappa shape index (κ1) is 28.9. The number of fused-ring (bicyclic) bond motifs is 5. The number of anilines is 1. The van der Waals surface area contributed by atoms with Gasteiger partial charge in [-0.3, -0.25) is 14.6 Å². The topological polar surface area (TPSA) is 91.7 Å². The van der Waals surface area contributed by atoms with Gasteiger partial charge >= 0.3 is 0 Å². The van der Waals surface area contributed by atoms with Crippen LogP contribution in [0.4, 0.5) is 11.4 Å². The number of hydrogen-bond acceptors (Lipinski definition) is 6. The van der Waals surface area contributed by atoms with Crippen LogP contribution >= 0.6 is 0 Å². The van der Waals surface area contributed by atoms with E-state index in [1.165, 1.54) is 0 Å². The molecular weight excluding hydrogens is 566 g/mol. The van der Waals surface area contributed by atoms with Gasteiger partial charge < -0.3 is 24.4 Å². The van der Waals surface area contributed by atoms with Gasteiger partial charge in [-0.1, -0.05) is 55.5 Å². The van der Waals surface area contributed by atoms with Crippen molar-refractivity contribution in [2.45, 2.75) is 57.6 Å². The molecule has 8 heteroatoms. The number of carbonyl (C=O) groups is 2. The van der Waals surface area contributed by atoms with E-state index in [1.54, 1.807) is 25.3 Å². The third-order valence-electron chi connectivity index (χ3n) is 9.39. The summed E-state index contributed by atoms with van der Waals surface area (Å²) in [5, 5.41) is 12.6. The number of methoxy groups -OCH3 is 1. The molecule has 230 valence electrons. The Morgan fingerprint density at radius 2 is 1.82 bits per heavy atom. The molecule has 1 fully saturated rings. The number of carbonyl (C=O) groups excluding carboxylic acids is 2. The molecule has 2 amide bonds. The predicted octanol–water partition coefficient (Wildman–Crippen LogP) is 6.93. The number of benzene rings is 4. The Balaban J connectivity index is 1.09. The van der Waals surface area contributed by atoms with Gasteiger partial charge in [-0.25, -0.2) is 0 Å². The summed E-state index contributed by atoms with van der Waals surface area (Å²) in [6.45, 7) is 3.73. The number of rotatable bonds is 7. The van der Waals surface area contributed by atoms with E-state index in [9.17, 15) is 14.7 Å². The Bertz CT molecular complexity index is 1830. The SMILES string of the molecule is CC[C@@H]1CN(C(=O)Cc2cccc(COc3cc4c(cc3OC)C(=O)N3CCCC[C@H]3C=N4)c2)c2cc(O)c3ccccc3c21. The van der Waals surface area contributed by atoms with Crippen LogP contribution in [-0.4, -0.2) is 54.3 Å². The standard InChI is InChI=1S/C37H37N3O5/c1-3-25-21-40(31-19-32(41)27-12-4-5-13-28(27)36(25)31)35(42)16-23-9-8-10-24(15-23)22-45-34-18-30-29(17-33(34)44-2)37(43)39-14-7-6-11-26(39)20-38-30/h4-5,8-10,12-13,15,17-20,25-26,41H,3,6-7,11,14,16,21-22H2,1-2H3/t25-,26+/m1/s1. The minimum Gasteiger partial charge on any atom is -0.507 e. The van der Waals surface area contributed by atoms with Crippen LogP contribution in [0.5, 0.6) is 17.2 Å². The monoisotopic (exact) mass is 603 g/mol. The molecule has 0 unspecified atom stereocenters. The molecule has 0 radical (unpaired) electrons. The summed E-state index contributed by atoms with van der Waals surface area (Å²) in [4.78, 5) is 35.4. The average molecular weight is 604 g/mol. The number of piperidine rings is 1. The van der Waals surface area contributed by atoms with Crippen molar-refractivity contribution in [2.24, 2.45) is 4.99 Å². The number of phenols is 1. The molecule has 2 atom stereocenters. The number of aromatic hydroxyl groups is 1. The summed E-state index contributed by atoms with van der Waals surface area (Å²) in [5.41, 5.74) is 4.84. The van der Waals surface area contributed by atoms with E-state index in [4.69, 9.17) is 9.47 Å². The van der Waals surface area contributed by atoms with E-state index in [-0.39, 0.29) is 42.6 Å². The second-order valence-electron chi connectivity index (χ2n) is 12.1.